The molecule has 2 heteroatoms. The van der Waals surface area contributed by atoms with Crippen molar-refractivity contribution in [2.75, 3.05) is 6.54 Å². The first-order valence-electron chi connectivity index (χ1n) is 5.93. The van der Waals surface area contributed by atoms with E-state index in [-0.39, 0.29) is 5.92 Å². The largest absolute Gasteiger partial charge is 0.312 e. The molecule has 2 nitrogen and oxygen atoms in total. The number of hydrogen-bond donors (Lipinski definition) is 1. The van der Waals surface area contributed by atoms with Gasteiger partial charge in [0.2, 0.25) is 0 Å². The fourth-order valence-corrected chi connectivity index (χ4v) is 2.54. The van der Waals surface area contributed by atoms with Gasteiger partial charge in [0.15, 0.2) is 0 Å². The topological polar surface area (TPSA) is 35.8 Å². The summed E-state index contributed by atoms with van der Waals surface area (Å²) >= 11 is 0. The van der Waals surface area contributed by atoms with Crippen molar-refractivity contribution in [1.29, 1.82) is 5.26 Å². The fraction of sp³-hybridized carbons (Fsp3) is 0.917. The predicted molar refractivity (Wildman–Crippen MR) is 56.7 cm³/mol. The summed E-state index contributed by atoms with van der Waals surface area (Å²) in [6.07, 6.45) is 7.62. The summed E-state index contributed by atoms with van der Waals surface area (Å²) < 4.78 is 0. The van der Waals surface area contributed by atoms with E-state index in [0.717, 1.165) is 13.0 Å². The Morgan fingerprint density at radius 1 is 1.43 bits per heavy atom. The monoisotopic (exact) mass is 192 g/mol. The lowest BCUT2D eigenvalue weighted by Gasteiger charge is -2.20. The Morgan fingerprint density at radius 2 is 2.21 bits per heavy atom. The van der Waals surface area contributed by atoms with Gasteiger partial charge >= 0.3 is 0 Å². The van der Waals surface area contributed by atoms with E-state index in [2.05, 4.69) is 18.3 Å². The van der Waals surface area contributed by atoms with Crippen LogP contribution in [0.4, 0.5) is 0 Å². The third-order valence-corrected chi connectivity index (χ3v) is 4.13. The van der Waals surface area contributed by atoms with Gasteiger partial charge in [0.25, 0.3) is 0 Å². The molecule has 0 aromatic carbocycles. The average molecular weight is 192 g/mol. The Hall–Kier alpha value is -0.550. The Balaban J connectivity index is 1.78. The molecule has 0 radical (unpaired) electrons. The minimum absolute atomic E-state index is 0.280. The van der Waals surface area contributed by atoms with Crippen LogP contribution in [0.5, 0.6) is 0 Å². The maximum Gasteiger partial charge on any atom is 0.0672 e. The quantitative estimate of drug-likeness (QED) is 0.742. The molecular formula is C12H20N2. The lowest BCUT2D eigenvalue weighted by molar-refractivity contribution is 0.379. The Morgan fingerprint density at radius 3 is 2.79 bits per heavy atom. The summed E-state index contributed by atoms with van der Waals surface area (Å²) in [6.45, 7) is 3.43. The number of hydrogen-bond acceptors (Lipinski definition) is 2. The van der Waals surface area contributed by atoms with Crippen LogP contribution in [0.2, 0.25) is 0 Å². The Kier molecular flexibility index (Phi) is 2.78. The van der Waals surface area contributed by atoms with E-state index < -0.39 is 0 Å². The average Bonchev–Trinajstić information content (AvgIpc) is 2.86. The first-order valence-corrected chi connectivity index (χ1v) is 5.93. The van der Waals surface area contributed by atoms with Crippen molar-refractivity contribution in [1.82, 2.24) is 5.32 Å². The standard InChI is InChI=1S/C12H20N2/c1-2-12(6-7-12)9-14-11-5-3-4-10(11)8-13/h10-11,14H,2-7,9H2,1H3. The smallest absolute Gasteiger partial charge is 0.0672 e. The highest BCUT2D eigenvalue weighted by Gasteiger charge is 2.41. The van der Waals surface area contributed by atoms with E-state index in [1.165, 1.54) is 32.1 Å². The fourth-order valence-electron chi connectivity index (χ4n) is 2.54. The van der Waals surface area contributed by atoms with Crippen molar-refractivity contribution in [3.63, 3.8) is 0 Å². The van der Waals surface area contributed by atoms with Crippen LogP contribution in [0.15, 0.2) is 0 Å². The number of nitrogens with one attached hydrogen (secondary N) is 1. The van der Waals surface area contributed by atoms with E-state index in [1.807, 2.05) is 0 Å². The second-order valence-electron chi connectivity index (χ2n) is 5.01. The van der Waals surface area contributed by atoms with Gasteiger partial charge in [-0.25, -0.2) is 0 Å². The lowest BCUT2D eigenvalue weighted by Crippen LogP contribution is -2.36. The minimum atomic E-state index is 0.280. The molecule has 0 aromatic heterocycles. The van der Waals surface area contributed by atoms with Gasteiger partial charge in [-0.3, -0.25) is 0 Å². The highest BCUT2D eigenvalue weighted by atomic mass is 14.9. The van der Waals surface area contributed by atoms with Crippen LogP contribution in [-0.2, 0) is 0 Å². The first kappa shape index (κ1) is 9.98. The van der Waals surface area contributed by atoms with E-state index in [0.29, 0.717) is 11.5 Å². The molecule has 0 bridgehead atoms. The number of rotatable bonds is 4. The maximum atomic E-state index is 8.95. The molecular weight excluding hydrogens is 172 g/mol. The van der Waals surface area contributed by atoms with Crippen LogP contribution in [0, 0.1) is 22.7 Å². The molecule has 78 valence electrons. The third-order valence-electron chi connectivity index (χ3n) is 4.13. The second-order valence-corrected chi connectivity index (χ2v) is 5.01. The summed E-state index contributed by atoms with van der Waals surface area (Å²) in [5, 5.41) is 12.6. The van der Waals surface area contributed by atoms with Crippen LogP contribution < -0.4 is 5.32 Å². The van der Waals surface area contributed by atoms with Gasteiger partial charge in [0.1, 0.15) is 0 Å². The first-order chi connectivity index (χ1) is 6.79. The van der Waals surface area contributed by atoms with Crippen molar-refractivity contribution in [2.24, 2.45) is 11.3 Å². The van der Waals surface area contributed by atoms with Crippen LogP contribution >= 0.6 is 0 Å². The normalized spacial score (nSPS) is 34.0. The zero-order chi connectivity index (χ0) is 10.0. The molecule has 0 amide bonds. The van der Waals surface area contributed by atoms with Crippen molar-refractivity contribution in [3.05, 3.63) is 0 Å². The molecule has 0 aliphatic heterocycles. The lowest BCUT2D eigenvalue weighted by atomic mass is 10.0. The Labute approximate surface area is 86.7 Å². The molecule has 2 aliphatic carbocycles. The molecule has 2 aliphatic rings. The van der Waals surface area contributed by atoms with Crippen molar-refractivity contribution >= 4 is 0 Å². The van der Waals surface area contributed by atoms with Gasteiger partial charge in [0, 0.05) is 12.6 Å². The summed E-state index contributed by atoms with van der Waals surface area (Å²) in [5.41, 5.74) is 0.614. The summed E-state index contributed by atoms with van der Waals surface area (Å²) in [7, 11) is 0. The molecule has 0 saturated heterocycles. The van der Waals surface area contributed by atoms with Gasteiger partial charge in [-0.15, -0.1) is 0 Å². The minimum Gasteiger partial charge on any atom is -0.312 e. The number of nitriles is 1. The van der Waals surface area contributed by atoms with Crippen LogP contribution in [0.3, 0.4) is 0 Å². The zero-order valence-corrected chi connectivity index (χ0v) is 9.05. The molecule has 0 aromatic rings. The molecule has 2 saturated carbocycles. The highest BCUT2D eigenvalue weighted by Crippen LogP contribution is 2.48. The van der Waals surface area contributed by atoms with Gasteiger partial charge in [-0.1, -0.05) is 13.3 Å². The van der Waals surface area contributed by atoms with E-state index in [4.69, 9.17) is 5.26 Å². The molecule has 2 atom stereocenters. The summed E-state index contributed by atoms with van der Waals surface area (Å²) in [6, 6.07) is 2.92. The van der Waals surface area contributed by atoms with Crippen molar-refractivity contribution in [3.8, 4) is 6.07 Å². The van der Waals surface area contributed by atoms with Crippen molar-refractivity contribution in [2.45, 2.75) is 51.5 Å². The molecule has 0 spiro atoms. The van der Waals surface area contributed by atoms with Gasteiger partial charge in [0.05, 0.1) is 12.0 Å². The van der Waals surface area contributed by atoms with Gasteiger partial charge < -0.3 is 5.32 Å². The van der Waals surface area contributed by atoms with Crippen LogP contribution in [0.1, 0.15) is 45.4 Å². The SMILES string of the molecule is CCC1(CNC2CCCC2C#N)CC1. The van der Waals surface area contributed by atoms with Gasteiger partial charge in [-0.2, -0.15) is 5.26 Å². The molecule has 14 heavy (non-hydrogen) atoms. The molecule has 0 heterocycles. The van der Waals surface area contributed by atoms with Gasteiger partial charge in [-0.05, 0) is 37.5 Å². The number of nitrogens with zero attached hydrogens (tertiary/aromatic N) is 1. The highest BCUT2D eigenvalue weighted by molar-refractivity contribution is 4.99. The van der Waals surface area contributed by atoms with Crippen LogP contribution in [0.25, 0.3) is 0 Å². The molecule has 1 N–H and O–H groups in total. The van der Waals surface area contributed by atoms with Crippen molar-refractivity contribution < 1.29 is 0 Å². The molecule has 2 fully saturated rings. The van der Waals surface area contributed by atoms with E-state index in [1.54, 1.807) is 0 Å². The summed E-state index contributed by atoms with van der Waals surface area (Å²) in [4.78, 5) is 0. The van der Waals surface area contributed by atoms with Crippen LogP contribution in [-0.4, -0.2) is 12.6 Å². The maximum absolute atomic E-state index is 8.95. The molecule has 2 unspecified atom stereocenters. The Bertz CT molecular complexity index is 237. The van der Waals surface area contributed by atoms with E-state index in [9.17, 15) is 0 Å². The second kappa shape index (κ2) is 3.90. The zero-order valence-electron chi connectivity index (χ0n) is 9.05. The molecule has 2 rings (SSSR count). The summed E-state index contributed by atoms with van der Waals surface area (Å²) in [5.74, 6) is 0.280. The third kappa shape index (κ3) is 1.93. The van der Waals surface area contributed by atoms with E-state index >= 15 is 0 Å². The predicted octanol–water partition coefficient (Wildman–Crippen LogP) is 2.46.